The summed E-state index contributed by atoms with van der Waals surface area (Å²) in [6.45, 7) is 3.68. The van der Waals surface area contributed by atoms with Gasteiger partial charge in [-0.25, -0.2) is 5.84 Å². The molecule has 0 aliphatic rings. The third-order valence-corrected chi connectivity index (χ3v) is 4.90. The van der Waals surface area contributed by atoms with Crippen molar-refractivity contribution in [1.29, 1.82) is 0 Å². The van der Waals surface area contributed by atoms with Gasteiger partial charge in [0.05, 0.1) is 17.6 Å². The lowest BCUT2D eigenvalue weighted by Gasteiger charge is -2.19. The minimum atomic E-state index is -4.83. The van der Waals surface area contributed by atoms with Gasteiger partial charge in [-0.3, -0.25) is 14.5 Å². The van der Waals surface area contributed by atoms with E-state index in [1.54, 1.807) is 36.1 Å². The standard InChI is InChI=1S/C22H23F3N6O2/c1-13-7-8-15(21(32)29-16-5-4-6-17(10-16)33-22(23,24)25)9-20(13)31(27)12-19(26)18-11-28-30(3)14(18)2/h4-12H,26-27H2,1-3H3,(H,29,32)/b19-12-. The van der Waals surface area contributed by atoms with E-state index < -0.39 is 18.0 Å². The smallest absolute Gasteiger partial charge is 0.406 e. The van der Waals surface area contributed by atoms with Crippen molar-refractivity contribution in [2.24, 2.45) is 18.6 Å². The molecule has 3 rings (SSSR count). The summed E-state index contributed by atoms with van der Waals surface area (Å²) >= 11 is 0. The molecule has 1 aromatic heterocycles. The van der Waals surface area contributed by atoms with Crippen LogP contribution in [-0.2, 0) is 7.05 Å². The van der Waals surface area contributed by atoms with E-state index in [9.17, 15) is 18.0 Å². The first-order valence-corrected chi connectivity index (χ1v) is 9.72. The van der Waals surface area contributed by atoms with Crippen molar-refractivity contribution in [3.05, 3.63) is 77.2 Å². The monoisotopic (exact) mass is 460 g/mol. The Hall–Kier alpha value is -3.99. The molecule has 8 nitrogen and oxygen atoms in total. The number of benzene rings is 2. The van der Waals surface area contributed by atoms with Crippen LogP contribution in [-0.4, -0.2) is 22.1 Å². The Bertz CT molecular complexity index is 1200. The molecule has 0 fully saturated rings. The van der Waals surface area contributed by atoms with Gasteiger partial charge in [-0.2, -0.15) is 5.10 Å². The number of carbonyl (C=O) groups is 1. The largest absolute Gasteiger partial charge is 0.573 e. The maximum Gasteiger partial charge on any atom is 0.573 e. The molecule has 0 radical (unpaired) electrons. The van der Waals surface area contributed by atoms with E-state index in [1.807, 2.05) is 13.8 Å². The fourth-order valence-corrected chi connectivity index (χ4v) is 3.07. The predicted molar refractivity (Wildman–Crippen MR) is 119 cm³/mol. The van der Waals surface area contributed by atoms with Crippen molar-refractivity contribution < 1.29 is 22.7 Å². The van der Waals surface area contributed by atoms with Crippen LogP contribution in [0.25, 0.3) is 5.70 Å². The van der Waals surface area contributed by atoms with Crippen molar-refractivity contribution in [3.63, 3.8) is 0 Å². The number of amides is 1. The Morgan fingerprint density at radius 1 is 1.21 bits per heavy atom. The van der Waals surface area contributed by atoms with Crippen LogP contribution in [0.3, 0.4) is 0 Å². The Labute approximate surface area is 188 Å². The van der Waals surface area contributed by atoms with Gasteiger partial charge >= 0.3 is 6.36 Å². The first kappa shape index (κ1) is 23.7. The average molecular weight is 460 g/mol. The van der Waals surface area contributed by atoms with Crippen LogP contribution in [0.5, 0.6) is 5.75 Å². The Morgan fingerprint density at radius 3 is 2.58 bits per heavy atom. The summed E-state index contributed by atoms with van der Waals surface area (Å²) in [6.07, 6.45) is -1.68. The summed E-state index contributed by atoms with van der Waals surface area (Å²) in [7, 11) is 1.80. The molecule has 11 heteroatoms. The number of aryl methyl sites for hydroxylation is 2. The number of halogens is 3. The van der Waals surface area contributed by atoms with E-state index in [-0.39, 0.29) is 11.3 Å². The van der Waals surface area contributed by atoms with E-state index in [0.29, 0.717) is 11.4 Å². The number of alkyl halides is 3. The molecular formula is C22H23F3N6O2. The molecule has 1 amide bonds. The second-order valence-electron chi connectivity index (χ2n) is 7.29. The lowest BCUT2D eigenvalue weighted by Crippen LogP contribution is -2.27. The number of nitrogens with one attached hydrogen (secondary N) is 1. The molecule has 0 spiro atoms. The highest BCUT2D eigenvalue weighted by Crippen LogP contribution is 2.26. The number of hydrogen-bond acceptors (Lipinski definition) is 6. The van der Waals surface area contributed by atoms with Crippen molar-refractivity contribution in [2.45, 2.75) is 20.2 Å². The number of aromatic nitrogens is 2. The molecule has 0 bridgehead atoms. The van der Waals surface area contributed by atoms with Crippen molar-refractivity contribution in [2.75, 3.05) is 10.3 Å². The van der Waals surface area contributed by atoms with Gasteiger partial charge in [-0.05, 0) is 43.7 Å². The lowest BCUT2D eigenvalue weighted by atomic mass is 10.1. The van der Waals surface area contributed by atoms with Crippen LogP contribution >= 0.6 is 0 Å². The summed E-state index contributed by atoms with van der Waals surface area (Å²) in [4.78, 5) is 12.7. The third kappa shape index (κ3) is 5.83. The van der Waals surface area contributed by atoms with E-state index in [0.717, 1.165) is 29.0 Å². The Balaban J connectivity index is 1.81. The van der Waals surface area contributed by atoms with Crippen LogP contribution in [0.4, 0.5) is 24.5 Å². The maximum atomic E-state index is 12.7. The molecule has 0 saturated heterocycles. The highest BCUT2D eigenvalue weighted by Gasteiger charge is 2.31. The summed E-state index contributed by atoms with van der Waals surface area (Å²) in [5.74, 6) is 5.21. The first-order chi connectivity index (χ1) is 15.4. The molecule has 3 aromatic rings. The quantitative estimate of drug-likeness (QED) is 0.381. The van der Waals surface area contributed by atoms with Crippen LogP contribution in [0.1, 0.15) is 27.2 Å². The number of hydrazine groups is 1. The van der Waals surface area contributed by atoms with Crippen LogP contribution in [0.15, 0.2) is 54.9 Å². The highest BCUT2D eigenvalue weighted by atomic mass is 19.4. The van der Waals surface area contributed by atoms with Gasteiger partial charge in [-0.15, -0.1) is 13.2 Å². The molecule has 33 heavy (non-hydrogen) atoms. The number of hydrogen-bond donors (Lipinski definition) is 3. The fraction of sp³-hybridized carbons (Fsp3) is 0.182. The lowest BCUT2D eigenvalue weighted by molar-refractivity contribution is -0.274. The topological polar surface area (TPSA) is 111 Å². The maximum absolute atomic E-state index is 12.7. The van der Waals surface area contributed by atoms with Gasteiger partial charge in [0.25, 0.3) is 5.91 Å². The van der Waals surface area contributed by atoms with Crippen LogP contribution in [0, 0.1) is 13.8 Å². The second kappa shape index (κ2) is 9.25. The zero-order valence-electron chi connectivity index (χ0n) is 18.1. The molecule has 0 aliphatic heterocycles. The normalized spacial score (nSPS) is 11.9. The number of ether oxygens (including phenoxy) is 1. The van der Waals surface area contributed by atoms with E-state index >= 15 is 0 Å². The molecule has 0 atom stereocenters. The molecule has 174 valence electrons. The summed E-state index contributed by atoms with van der Waals surface area (Å²) in [5, 5.41) is 8.00. The van der Waals surface area contributed by atoms with Crippen molar-refractivity contribution >= 4 is 23.0 Å². The molecule has 5 N–H and O–H groups in total. The van der Waals surface area contributed by atoms with Crippen molar-refractivity contribution in [3.8, 4) is 5.75 Å². The molecule has 1 heterocycles. The van der Waals surface area contributed by atoms with Crippen molar-refractivity contribution in [1.82, 2.24) is 9.78 Å². The SMILES string of the molecule is Cc1ccc(C(=O)Nc2cccc(OC(F)(F)F)c2)cc1N(N)/C=C(\N)c1cnn(C)c1C. The zero-order valence-corrected chi connectivity index (χ0v) is 18.1. The van der Waals surface area contributed by atoms with Gasteiger partial charge in [0.2, 0.25) is 0 Å². The third-order valence-electron chi connectivity index (χ3n) is 4.90. The minimum Gasteiger partial charge on any atom is -0.406 e. The molecule has 0 unspecified atom stereocenters. The molecule has 2 aromatic carbocycles. The van der Waals surface area contributed by atoms with E-state index in [2.05, 4.69) is 15.2 Å². The Kier molecular flexibility index (Phi) is 6.63. The molecular weight excluding hydrogens is 437 g/mol. The fourth-order valence-electron chi connectivity index (χ4n) is 3.07. The molecule has 0 saturated carbocycles. The Morgan fingerprint density at radius 2 is 1.94 bits per heavy atom. The summed E-state index contributed by atoms with van der Waals surface area (Å²) < 4.78 is 42.9. The number of nitrogens with two attached hydrogens (primary N) is 2. The number of nitrogens with zero attached hydrogens (tertiary/aromatic N) is 3. The summed E-state index contributed by atoms with van der Waals surface area (Å²) in [5.41, 5.74) is 9.83. The van der Waals surface area contributed by atoms with E-state index in [1.165, 1.54) is 23.3 Å². The summed E-state index contributed by atoms with van der Waals surface area (Å²) in [6, 6.07) is 9.84. The number of anilines is 2. The highest BCUT2D eigenvalue weighted by molar-refractivity contribution is 6.05. The minimum absolute atomic E-state index is 0.143. The number of rotatable bonds is 6. The predicted octanol–water partition coefficient (Wildman–Crippen LogP) is 3.83. The van der Waals surface area contributed by atoms with Gasteiger partial charge in [0.15, 0.2) is 0 Å². The molecule has 0 aliphatic carbocycles. The average Bonchev–Trinajstić information content (AvgIpc) is 3.05. The van der Waals surface area contributed by atoms with E-state index in [4.69, 9.17) is 11.6 Å². The van der Waals surface area contributed by atoms with Gasteiger partial charge in [-0.1, -0.05) is 12.1 Å². The number of carbonyl (C=O) groups excluding carboxylic acids is 1. The van der Waals surface area contributed by atoms with Crippen LogP contribution < -0.4 is 26.6 Å². The first-order valence-electron chi connectivity index (χ1n) is 9.72. The van der Waals surface area contributed by atoms with Gasteiger partial charge in [0.1, 0.15) is 5.75 Å². The second-order valence-corrected chi connectivity index (χ2v) is 7.29. The zero-order chi connectivity index (χ0) is 24.3. The van der Waals surface area contributed by atoms with Gasteiger partial charge < -0.3 is 15.8 Å². The van der Waals surface area contributed by atoms with Gasteiger partial charge in [0, 0.05) is 41.8 Å². The van der Waals surface area contributed by atoms with Crippen LogP contribution in [0.2, 0.25) is 0 Å².